The Kier molecular flexibility index (Phi) is 10.5. The third-order valence-electron chi connectivity index (χ3n) is 2.49. The van der Waals surface area contributed by atoms with Crippen molar-refractivity contribution in [2.75, 3.05) is 34.0 Å². The first-order valence-electron chi connectivity index (χ1n) is 5.00. The summed E-state index contributed by atoms with van der Waals surface area (Å²) in [5.41, 5.74) is 0. The molecule has 1 atom stereocenters. The van der Waals surface area contributed by atoms with Crippen LogP contribution >= 0.6 is 0 Å². The monoisotopic (exact) mass is 252 g/mol. The van der Waals surface area contributed by atoms with Crippen molar-refractivity contribution in [2.45, 2.75) is 40.0 Å². The van der Waals surface area contributed by atoms with Crippen LogP contribution in [0.15, 0.2) is 0 Å². The molecular weight excluding hydrogens is 224 g/mol. The van der Waals surface area contributed by atoms with E-state index in [0.717, 1.165) is 32.3 Å². The van der Waals surface area contributed by atoms with Crippen molar-refractivity contribution in [2.24, 2.45) is 0 Å². The minimum absolute atomic E-state index is 0. The molecule has 0 aromatic rings. The van der Waals surface area contributed by atoms with Gasteiger partial charge in [0.1, 0.15) is 6.10 Å². The lowest BCUT2D eigenvalue weighted by Crippen LogP contribution is -2.36. The fourth-order valence-corrected chi connectivity index (χ4v) is 2.52. The SMILES string of the molecule is C.C.CO[Si](C)(CCCOCC1CO1)OC. The molecule has 16 heavy (non-hydrogen) atoms. The topological polar surface area (TPSA) is 40.2 Å². The molecule has 4 nitrogen and oxygen atoms in total. The molecule has 0 amide bonds. The van der Waals surface area contributed by atoms with Crippen LogP contribution in [0.4, 0.5) is 0 Å². The highest BCUT2D eigenvalue weighted by molar-refractivity contribution is 6.65. The molecule has 0 aliphatic carbocycles. The standard InChI is InChI=1S/C9H20O4Si.2CH4/c1-10-14(3,11-2)6-4-5-12-7-9-8-13-9;;/h9H,4-8H2,1-3H3;2*1H4. The van der Waals surface area contributed by atoms with Crippen LogP contribution in [-0.4, -0.2) is 48.7 Å². The molecule has 0 bridgehead atoms. The Hall–Kier alpha value is 0.0569. The third kappa shape index (κ3) is 7.35. The second-order valence-corrected chi connectivity index (χ2v) is 7.26. The van der Waals surface area contributed by atoms with Crippen LogP contribution in [0.25, 0.3) is 0 Å². The molecule has 1 heterocycles. The summed E-state index contributed by atoms with van der Waals surface area (Å²) >= 11 is 0. The highest BCUT2D eigenvalue weighted by Gasteiger charge is 2.28. The van der Waals surface area contributed by atoms with Crippen molar-refractivity contribution < 1.29 is 18.3 Å². The average molecular weight is 252 g/mol. The molecule has 0 spiro atoms. The lowest BCUT2D eigenvalue weighted by molar-refractivity contribution is 0.114. The van der Waals surface area contributed by atoms with E-state index in [1.54, 1.807) is 14.2 Å². The highest BCUT2D eigenvalue weighted by atomic mass is 28.4. The van der Waals surface area contributed by atoms with Crippen LogP contribution in [0.1, 0.15) is 21.3 Å². The van der Waals surface area contributed by atoms with E-state index in [2.05, 4.69) is 6.55 Å². The second kappa shape index (κ2) is 9.12. The van der Waals surface area contributed by atoms with E-state index < -0.39 is 8.56 Å². The molecule has 1 fully saturated rings. The predicted molar refractivity (Wildman–Crippen MR) is 69.1 cm³/mol. The normalized spacial score (nSPS) is 18.6. The van der Waals surface area contributed by atoms with Crippen molar-refractivity contribution in [3.8, 4) is 0 Å². The molecule has 1 aliphatic heterocycles. The van der Waals surface area contributed by atoms with Crippen molar-refractivity contribution in [3.63, 3.8) is 0 Å². The number of ether oxygens (including phenoxy) is 2. The number of hydrogen-bond acceptors (Lipinski definition) is 4. The van der Waals surface area contributed by atoms with Gasteiger partial charge in [0, 0.05) is 20.8 Å². The molecule has 0 aromatic carbocycles. The van der Waals surface area contributed by atoms with E-state index in [4.69, 9.17) is 18.3 Å². The first-order chi connectivity index (χ1) is 6.70. The molecule has 0 saturated carbocycles. The van der Waals surface area contributed by atoms with Gasteiger partial charge < -0.3 is 18.3 Å². The van der Waals surface area contributed by atoms with Crippen LogP contribution < -0.4 is 0 Å². The van der Waals surface area contributed by atoms with Gasteiger partial charge in [0.2, 0.25) is 0 Å². The summed E-state index contributed by atoms with van der Waals surface area (Å²) in [7, 11) is 1.56. The van der Waals surface area contributed by atoms with Crippen molar-refractivity contribution in [1.82, 2.24) is 0 Å². The van der Waals surface area contributed by atoms with Gasteiger partial charge in [-0.15, -0.1) is 0 Å². The highest BCUT2D eigenvalue weighted by Crippen LogP contribution is 2.14. The largest absolute Gasteiger partial charge is 0.398 e. The Balaban J connectivity index is 0. The summed E-state index contributed by atoms with van der Waals surface area (Å²) in [5, 5.41) is 0. The summed E-state index contributed by atoms with van der Waals surface area (Å²) in [6, 6.07) is 0.978. The van der Waals surface area contributed by atoms with Crippen LogP contribution in [0, 0.1) is 0 Å². The first kappa shape index (κ1) is 18.4. The van der Waals surface area contributed by atoms with Crippen molar-refractivity contribution >= 4 is 8.56 Å². The van der Waals surface area contributed by atoms with Crippen LogP contribution in [0.3, 0.4) is 0 Å². The smallest absolute Gasteiger partial charge is 0.334 e. The van der Waals surface area contributed by atoms with E-state index >= 15 is 0 Å². The van der Waals surface area contributed by atoms with E-state index in [9.17, 15) is 0 Å². The van der Waals surface area contributed by atoms with Gasteiger partial charge >= 0.3 is 8.56 Å². The second-order valence-electron chi connectivity index (χ2n) is 3.68. The average Bonchev–Trinajstić information content (AvgIpc) is 3.01. The van der Waals surface area contributed by atoms with Crippen LogP contribution in [-0.2, 0) is 18.3 Å². The molecule has 0 radical (unpaired) electrons. The van der Waals surface area contributed by atoms with Crippen molar-refractivity contribution in [3.05, 3.63) is 0 Å². The van der Waals surface area contributed by atoms with E-state index in [1.807, 2.05) is 0 Å². The summed E-state index contributed by atoms with van der Waals surface area (Å²) in [6.07, 6.45) is 1.36. The zero-order valence-electron chi connectivity index (χ0n) is 9.25. The van der Waals surface area contributed by atoms with E-state index in [0.29, 0.717) is 6.10 Å². The predicted octanol–water partition coefficient (Wildman–Crippen LogP) is 2.43. The van der Waals surface area contributed by atoms with Crippen molar-refractivity contribution in [1.29, 1.82) is 0 Å². The molecule has 0 aromatic heterocycles. The van der Waals surface area contributed by atoms with E-state index in [1.165, 1.54) is 0 Å². The fourth-order valence-electron chi connectivity index (χ4n) is 1.16. The third-order valence-corrected chi connectivity index (χ3v) is 5.48. The van der Waals surface area contributed by atoms with E-state index in [-0.39, 0.29) is 14.9 Å². The quantitative estimate of drug-likeness (QED) is 0.378. The Morgan fingerprint density at radius 3 is 2.25 bits per heavy atom. The molecule has 100 valence electrons. The van der Waals surface area contributed by atoms with Gasteiger partial charge in [-0.2, -0.15) is 0 Å². The lowest BCUT2D eigenvalue weighted by atomic mass is 10.5. The van der Waals surface area contributed by atoms with Gasteiger partial charge in [0.05, 0.1) is 13.2 Å². The Morgan fingerprint density at radius 1 is 1.25 bits per heavy atom. The Bertz CT molecular complexity index is 158. The molecule has 1 saturated heterocycles. The van der Waals surface area contributed by atoms with Gasteiger partial charge in [0.15, 0.2) is 0 Å². The van der Waals surface area contributed by atoms with Gasteiger partial charge in [-0.3, -0.25) is 0 Å². The fraction of sp³-hybridized carbons (Fsp3) is 1.00. The molecule has 0 N–H and O–H groups in total. The summed E-state index contributed by atoms with van der Waals surface area (Å²) in [4.78, 5) is 0. The molecule has 5 heteroatoms. The molecule has 1 aliphatic rings. The molecule has 1 rings (SSSR count). The van der Waals surface area contributed by atoms with Crippen LogP contribution in [0.2, 0.25) is 12.6 Å². The molecular formula is C11H28O4Si. The molecule has 1 unspecified atom stereocenters. The maximum atomic E-state index is 5.43. The number of rotatable bonds is 8. The zero-order chi connectivity index (χ0) is 10.4. The van der Waals surface area contributed by atoms with Gasteiger partial charge in [-0.25, -0.2) is 0 Å². The maximum absolute atomic E-state index is 5.43. The Morgan fingerprint density at radius 2 is 1.81 bits per heavy atom. The Labute approximate surface area is 101 Å². The van der Waals surface area contributed by atoms with Gasteiger partial charge in [0.25, 0.3) is 0 Å². The first-order valence-corrected chi connectivity index (χ1v) is 7.52. The summed E-state index contributed by atoms with van der Waals surface area (Å²) < 4.78 is 21.2. The van der Waals surface area contributed by atoms with Gasteiger partial charge in [-0.1, -0.05) is 14.9 Å². The minimum Gasteiger partial charge on any atom is -0.398 e. The maximum Gasteiger partial charge on any atom is 0.334 e. The minimum atomic E-state index is -1.87. The number of epoxide rings is 1. The summed E-state index contributed by atoms with van der Waals surface area (Å²) in [5.74, 6) is 0. The number of hydrogen-bond donors (Lipinski definition) is 0. The lowest BCUT2D eigenvalue weighted by Gasteiger charge is -2.22. The van der Waals surface area contributed by atoms with Crippen LogP contribution in [0.5, 0.6) is 0 Å². The van der Waals surface area contributed by atoms with Gasteiger partial charge in [-0.05, 0) is 19.0 Å². The zero-order valence-corrected chi connectivity index (χ0v) is 10.2. The summed E-state index contributed by atoms with van der Waals surface area (Å²) in [6.45, 7) is 4.44.